The molecule has 8 nitrogen and oxygen atoms in total. The van der Waals surface area contributed by atoms with Crippen LogP contribution in [0, 0.1) is 0 Å². The molecule has 3 aromatic rings. The van der Waals surface area contributed by atoms with E-state index in [1.54, 1.807) is 30.3 Å². The number of benzene rings is 2. The van der Waals surface area contributed by atoms with Crippen molar-refractivity contribution in [2.24, 2.45) is 15.4 Å². The van der Waals surface area contributed by atoms with E-state index < -0.39 is 15.3 Å². The predicted octanol–water partition coefficient (Wildman–Crippen LogP) is 5.12. The third-order valence-electron chi connectivity index (χ3n) is 4.73. The Balaban J connectivity index is 1.99. The van der Waals surface area contributed by atoms with Crippen LogP contribution in [0.1, 0.15) is 43.1 Å². The van der Waals surface area contributed by atoms with E-state index in [0.29, 0.717) is 27.7 Å². The zero-order valence-electron chi connectivity index (χ0n) is 16.0. The first-order valence-electron chi connectivity index (χ1n) is 8.80. The molecule has 0 amide bonds. The van der Waals surface area contributed by atoms with Crippen molar-refractivity contribution in [3.8, 4) is 11.6 Å². The van der Waals surface area contributed by atoms with Crippen LogP contribution < -0.4 is 5.14 Å². The number of fused-ring (bicyclic) bond motifs is 1. The second kappa shape index (κ2) is 7.66. The molecule has 10 heteroatoms. The van der Waals surface area contributed by atoms with Crippen molar-refractivity contribution in [1.82, 2.24) is 4.98 Å². The number of hydrogen-bond donors (Lipinski definition) is 4. The van der Waals surface area contributed by atoms with Gasteiger partial charge in [-0.1, -0.05) is 37.6 Å². The van der Waals surface area contributed by atoms with Crippen LogP contribution in [0.5, 0.6) is 11.6 Å². The van der Waals surface area contributed by atoms with Crippen molar-refractivity contribution in [3.63, 3.8) is 0 Å². The molecule has 1 aromatic heterocycles. The molecule has 1 unspecified atom stereocenters. The van der Waals surface area contributed by atoms with E-state index >= 15 is 0 Å². The van der Waals surface area contributed by atoms with Gasteiger partial charge in [-0.3, -0.25) is 0 Å². The number of azo groups is 1. The number of H-pyrrole nitrogens is 1. The van der Waals surface area contributed by atoms with Crippen molar-refractivity contribution >= 4 is 43.9 Å². The third-order valence-corrected chi connectivity index (χ3v) is 6.35. The first-order chi connectivity index (χ1) is 13.5. The molecule has 1 heterocycles. The summed E-state index contributed by atoms with van der Waals surface area (Å²) in [5, 5.41) is 33.5. The molecule has 2 aromatic carbocycles. The van der Waals surface area contributed by atoms with Gasteiger partial charge in [0.25, 0.3) is 0 Å². The van der Waals surface area contributed by atoms with Gasteiger partial charge in [0.2, 0.25) is 15.9 Å². The van der Waals surface area contributed by atoms with Crippen molar-refractivity contribution in [3.05, 3.63) is 46.5 Å². The average molecular weight is 437 g/mol. The van der Waals surface area contributed by atoms with Crippen LogP contribution in [0.15, 0.2) is 40.6 Å². The van der Waals surface area contributed by atoms with Crippen molar-refractivity contribution in [2.45, 2.75) is 31.9 Å². The number of halogens is 1. The smallest absolute Gasteiger partial charge is 0.218 e. The van der Waals surface area contributed by atoms with Crippen LogP contribution in [-0.4, -0.2) is 23.6 Å². The van der Waals surface area contributed by atoms with Gasteiger partial charge in [0.15, 0.2) is 5.69 Å². The number of nitrogens with one attached hydrogen (secondary N) is 1. The summed E-state index contributed by atoms with van der Waals surface area (Å²) in [5.41, 5.74) is 2.23. The van der Waals surface area contributed by atoms with E-state index in [4.69, 9.17) is 16.7 Å². The van der Waals surface area contributed by atoms with Crippen LogP contribution in [-0.2, 0) is 10.0 Å². The van der Waals surface area contributed by atoms with E-state index in [1.807, 2.05) is 13.8 Å². The maximum absolute atomic E-state index is 11.5. The molecule has 0 aliphatic carbocycles. The fourth-order valence-corrected chi connectivity index (χ4v) is 3.78. The number of aromatic nitrogens is 1. The lowest BCUT2D eigenvalue weighted by molar-refractivity contribution is 0.459. The highest BCUT2D eigenvalue weighted by atomic mass is 35.5. The first kappa shape index (κ1) is 21.1. The van der Waals surface area contributed by atoms with E-state index in [9.17, 15) is 18.6 Å². The summed E-state index contributed by atoms with van der Waals surface area (Å²) in [4.78, 5) is 2.79. The van der Waals surface area contributed by atoms with Crippen molar-refractivity contribution in [1.29, 1.82) is 0 Å². The number of rotatable bonds is 5. The van der Waals surface area contributed by atoms with Gasteiger partial charge in [-0.15, -0.1) is 5.11 Å². The van der Waals surface area contributed by atoms with Gasteiger partial charge in [0.05, 0.1) is 26.9 Å². The normalized spacial score (nSPS) is 13.6. The van der Waals surface area contributed by atoms with E-state index in [0.717, 1.165) is 0 Å². The van der Waals surface area contributed by atoms with Gasteiger partial charge in [0, 0.05) is 5.56 Å². The minimum atomic E-state index is -3.69. The molecule has 0 aliphatic rings. The number of aromatic amines is 1. The number of primary sulfonamides is 1. The standard InChI is InChI=1S/C19H21ClN4O4S/c1-9(2)13-8-14-15(16(20)18(13)25)17(19(26)22-14)24-23-12-6-4-11(5-7-12)10(3)29(21,27)28/h4-10,22,25-26H,1-3H3,(H2,21,27,28). The molecule has 0 saturated carbocycles. The quantitative estimate of drug-likeness (QED) is 0.411. The van der Waals surface area contributed by atoms with Crippen LogP contribution >= 0.6 is 11.6 Å². The molecule has 0 spiro atoms. The number of phenols is 1. The largest absolute Gasteiger partial charge is 0.506 e. The van der Waals surface area contributed by atoms with Gasteiger partial charge in [-0.05, 0) is 36.6 Å². The Labute approximate surface area is 173 Å². The van der Waals surface area contributed by atoms with E-state index in [2.05, 4.69) is 15.2 Å². The molecular formula is C19H21ClN4O4S. The minimum Gasteiger partial charge on any atom is -0.506 e. The highest BCUT2D eigenvalue weighted by Gasteiger charge is 2.21. The summed E-state index contributed by atoms with van der Waals surface area (Å²) in [6.45, 7) is 5.33. The molecule has 0 saturated heterocycles. The van der Waals surface area contributed by atoms with Crippen LogP contribution in [0.2, 0.25) is 5.02 Å². The Morgan fingerprint density at radius 1 is 1.10 bits per heavy atom. The topological polar surface area (TPSA) is 141 Å². The molecule has 5 N–H and O–H groups in total. The van der Waals surface area contributed by atoms with Gasteiger partial charge >= 0.3 is 0 Å². The number of aromatic hydroxyl groups is 2. The highest BCUT2D eigenvalue weighted by molar-refractivity contribution is 7.89. The Morgan fingerprint density at radius 2 is 1.72 bits per heavy atom. The summed E-state index contributed by atoms with van der Waals surface area (Å²) >= 11 is 6.32. The lowest BCUT2D eigenvalue weighted by Gasteiger charge is -2.10. The van der Waals surface area contributed by atoms with Gasteiger partial charge < -0.3 is 15.2 Å². The van der Waals surface area contributed by atoms with Crippen LogP contribution in [0.4, 0.5) is 11.4 Å². The van der Waals surface area contributed by atoms with Crippen LogP contribution in [0.25, 0.3) is 10.9 Å². The van der Waals surface area contributed by atoms with Crippen LogP contribution in [0.3, 0.4) is 0 Å². The van der Waals surface area contributed by atoms with Gasteiger partial charge in [0.1, 0.15) is 5.75 Å². The molecule has 0 bridgehead atoms. The molecule has 3 rings (SSSR count). The molecule has 1 atom stereocenters. The number of nitrogens with zero attached hydrogens (tertiary/aromatic N) is 2. The second-order valence-corrected chi connectivity index (χ2v) is 9.31. The van der Waals surface area contributed by atoms with Crippen molar-refractivity contribution in [2.75, 3.05) is 0 Å². The fourth-order valence-electron chi connectivity index (χ4n) is 2.94. The summed E-state index contributed by atoms with van der Waals surface area (Å²) in [5.74, 6) is -0.262. The molecule has 0 radical (unpaired) electrons. The Morgan fingerprint density at radius 3 is 2.28 bits per heavy atom. The Bertz CT molecular complexity index is 1200. The maximum atomic E-state index is 11.5. The Kier molecular flexibility index (Phi) is 5.57. The lowest BCUT2D eigenvalue weighted by atomic mass is 10.0. The number of nitrogens with two attached hydrogens (primary N) is 1. The summed E-state index contributed by atoms with van der Waals surface area (Å²) in [6, 6.07) is 8.06. The Hall–Kier alpha value is -2.62. The van der Waals surface area contributed by atoms with E-state index in [1.165, 1.54) is 6.92 Å². The maximum Gasteiger partial charge on any atom is 0.218 e. The molecule has 29 heavy (non-hydrogen) atoms. The SMILES string of the molecule is CC(C)c1cc2[nH]c(O)c(N=Nc3ccc(C(C)S(N)(=O)=O)cc3)c2c(Cl)c1O. The number of phenolic OH excluding ortho intramolecular Hbond substituents is 1. The molecule has 0 aliphatic heterocycles. The van der Waals surface area contributed by atoms with E-state index in [-0.39, 0.29) is 28.3 Å². The third kappa shape index (κ3) is 4.07. The van der Waals surface area contributed by atoms with Gasteiger partial charge in [-0.2, -0.15) is 5.11 Å². The zero-order chi connectivity index (χ0) is 21.5. The molecule has 0 fully saturated rings. The predicted molar refractivity (Wildman–Crippen MR) is 113 cm³/mol. The van der Waals surface area contributed by atoms with Crippen molar-refractivity contribution < 1.29 is 18.6 Å². The minimum absolute atomic E-state index is 0.0330. The summed E-state index contributed by atoms with van der Waals surface area (Å²) < 4.78 is 22.9. The molecular weight excluding hydrogens is 416 g/mol. The highest BCUT2D eigenvalue weighted by Crippen LogP contribution is 2.46. The monoisotopic (exact) mass is 436 g/mol. The van der Waals surface area contributed by atoms with Gasteiger partial charge in [-0.25, -0.2) is 13.6 Å². The lowest BCUT2D eigenvalue weighted by Crippen LogP contribution is -2.19. The second-order valence-electron chi connectivity index (χ2n) is 7.05. The molecule has 154 valence electrons. The number of hydrogen-bond acceptors (Lipinski definition) is 6. The zero-order valence-corrected chi connectivity index (χ0v) is 17.6. The summed E-state index contributed by atoms with van der Waals surface area (Å²) in [6.07, 6.45) is 0. The summed E-state index contributed by atoms with van der Waals surface area (Å²) in [7, 11) is -3.69. The first-order valence-corrected chi connectivity index (χ1v) is 10.8. The fraction of sp³-hybridized carbons (Fsp3) is 0.263. The average Bonchev–Trinajstić information content (AvgIpc) is 2.97. The number of sulfonamides is 1.